The summed E-state index contributed by atoms with van der Waals surface area (Å²) in [5, 5.41) is 3.96. The molecule has 2 aliphatic heterocycles. The lowest BCUT2D eigenvalue weighted by Crippen LogP contribution is -2.52. The Labute approximate surface area is 224 Å². The molecule has 7 heteroatoms. The van der Waals surface area contributed by atoms with Gasteiger partial charge >= 0.3 is 0 Å². The minimum atomic E-state index is -0.113. The summed E-state index contributed by atoms with van der Waals surface area (Å²) < 4.78 is 2.12. The number of hydrogen-bond donors (Lipinski definition) is 1. The maximum absolute atomic E-state index is 12.3. The standard InChI is InChI=1S/C31H36N6O/c1-20-8-12-28-24(11-13-29-30(31(38)32-4)33-19-37(28)29)23(20)14-15-35-16-17-36(18-22(35)3)27-7-5-6-26-25(27)10-9-21(2)34-26/h5-10,12,19,22H,11,13-18H2,1-4H3,(H,32,38)/t22-/m1/s1. The molecule has 38 heavy (non-hydrogen) atoms. The Morgan fingerprint density at radius 2 is 1.92 bits per heavy atom. The van der Waals surface area contributed by atoms with E-state index in [0.717, 1.165) is 62.3 Å². The van der Waals surface area contributed by atoms with Crippen LogP contribution in [0.1, 0.15) is 45.5 Å². The smallest absolute Gasteiger partial charge is 0.271 e. The van der Waals surface area contributed by atoms with E-state index < -0.39 is 0 Å². The molecule has 1 atom stereocenters. The van der Waals surface area contributed by atoms with Gasteiger partial charge in [0.1, 0.15) is 12.0 Å². The number of fused-ring (bicyclic) bond motifs is 4. The second-order valence-corrected chi connectivity index (χ2v) is 10.7. The third-order valence-corrected chi connectivity index (χ3v) is 8.42. The number of benzene rings is 2. The lowest BCUT2D eigenvalue weighted by Gasteiger charge is -2.41. The number of imidazole rings is 1. The van der Waals surface area contributed by atoms with Crippen LogP contribution in [0.15, 0.2) is 48.8 Å². The zero-order valence-electron chi connectivity index (χ0n) is 22.8. The number of aryl methyl sites for hydroxylation is 2. The summed E-state index contributed by atoms with van der Waals surface area (Å²) in [4.78, 5) is 26.6. The SMILES string of the molecule is CNC(=O)c1ncn2c1CCc1c-2ccc(C)c1CCN1CCN(c2cccc3nc(C)ccc23)C[C@H]1C. The second kappa shape index (κ2) is 9.87. The number of amides is 1. The number of rotatable bonds is 5. The highest BCUT2D eigenvalue weighted by atomic mass is 16.1. The molecule has 1 fully saturated rings. The van der Waals surface area contributed by atoms with Crippen molar-refractivity contribution in [2.75, 3.05) is 38.1 Å². The third kappa shape index (κ3) is 4.25. The van der Waals surface area contributed by atoms with E-state index in [4.69, 9.17) is 4.98 Å². The molecule has 2 aliphatic rings. The summed E-state index contributed by atoms with van der Waals surface area (Å²) in [6.45, 7) is 10.8. The minimum absolute atomic E-state index is 0.113. The molecule has 2 aromatic carbocycles. The number of hydrogen-bond acceptors (Lipinski definition) is 5. The fourth-order valence-corrected chi connectivity index (χ4v) is 6.34. The van der Waals surface area contributed by atoms with Crippen molar-refractivity contribution in [2.24, 2.45) is 0 Å². The van der Waals surface area contributed by atoms with Crippen LogP contribution in [0.5, 0.6) is 0 Å². The minimum Gasteiger partial charge on any atom is -0.368 e. The lowest BCUT2D eigenvalue weighted by molar-refractivity contribution is 0.0957. The molecule has 0 bridgehead atoms. The van der Waals surface area contributed by atoms with Crippen molar-refractivity contribution >= 4 is 22.5 Å². The zero-order valence-corrected chi connectivity index (χ0v) is 22.8. The summed E-state index contributed by atoms with van der Waals surface area (Å²) in [5.41, 5.74) is 10.4. The van der Waals surface area contributed by atoms with E-state index in [1.54, 1.807) is 7.05 Å². The van der Waals surface area contributed by atoms with Gasteiger partial charge in [0.2, 0.25) is 0 Å². The molecule has 6 rings (SSSR count). The first-order valence-electron chi connectivity index (χ1n) is 13.7. The predicted octanol–water partition coefficient (Wildman–Crippen LogP) is 4.25. The topological polar surface area (TPSA) is 66.3 Å². The number of nitrogens with zero attached hydrogens (tertiary/aromatic N) is 5. The van der Waals surface area contributed by atoms with Gasteiger partial charge < -0.3 is 14.8 Å². The van der Waals surface area contributed by atoms with Gasteiger partial charge in [0.15, 0.2) is 0 Å². The average molecular weight is 509 g/mol. The van der Waals surface area contributed by atoms with Crippen molar-refractivity contribution in [3.05, 3.63) is 82.6 Å². The van der Waals surface area contributed by atoms with Crippen molar-refractivity contribution in [3.63, 3.8) is 0 Å². The molecule has 0 aliphatic carbocycles. The van der Waals surface area contributed by atoms with Crippen LogP contribution in [0.4, 0.5) is 5.69 Å². The molecular weight excluding hydrogens is 472 g/mol. The van der Waals surface area contributed by atoms with Crippen LogP contribution in [-0.4, -0.2) is 64.6 Å². The van der Waals surface area contributed by atoms with Crippen LogP contribution in [0, 0.1) is 13.8 Å². The molecule has 0 saturated carbocycles. The maximum atomic E-state index is 12.3. The first-order chi connectivity index (χ1) is 18.4. The van der Waals surface area contributed by atoms with Crippen LogP contribution >= 0.6 is 0 Å². The molecule has 0 unspecified atom stereocenters. The van der Waals surface area contributed by atoms with Gasteiger partial charge in [0.25, 0.3) is 5.91 Å². The number of anilines is 1. The monoisotopic (exact) mass is 508 g/mol. The molecule has 4 aromatic rings. The highest BCUT2D eigenvalue weighted by molar-refractivity contribution is 5.93. The van der Waals surface area contributed by atoms with Crippen LogP contribution < -0.4 is 10.2 Å². The van der Waals surface area contributed by atoms with E-state index in [0.29, 0.717) is 11.7 Å². The Balaban J connectivity index is 1.18. The van der Waals surface area contributed by atoms with Crippen LogP contribution in [0.3, 0.4) is 0 Å². The van der Waals surface area contributed by atoms with E-state index in [1.807, 2.05) is 6.33 Å². The quantitative estimate of drug-likeness (QED) is 0.437. The molecule has 1 N–H and O–H groups in total. The van der Waals surface area contributed by atoms with E-state index in [2.05, 4.69) is 87.9 Å². The molecular formula is C31H36N6O. The Kier molecular flexibility index (Phi) is 6.40. The van der Waals surface area contributed by atoms with Crippen molar-refractivity contribution in [2.45, 2.75) is 46.1 Å². The van der Waals surface area contributed by atoms with Gasteiger partial charge in [-0.2, -0.15) is 0 Å². The highest BCUT2D eigenvalue weighted by Gasteiger charge is 2.27. The third-order valence-electron chi connectivity index (χ3n) is 8.42. The number of carbonyl (C=O) groups is 1. The molecule has 4 heterocycles. The summed E-state index contributed by atoms with van der Waals surface area (Å²) in [5.74, 6) is -0.113. The largest absolute Gasteiger partial charge is 0.368 e. The second-order valence-electron chi connectivity index (χ2n) is 10.7. The van der Waals surface area contributed by atoms with Gasteiger partial charge in [-0.25, -0.2) is 4.98 Å². The van der Waals surface area contributed by atoms with Gasteiger partial charge in [0.05, 0.1) is 16.9 Å². The molecule has 196 valence electrons. The number of piperazine rings is 1. The first-order valence-corrected chi connectivity index (χ1v) is 13.7. The van der Waals surface area contributed by atoms with Crippen LogP contribution in [0.25, 0.3) is 16.6 Å². The van der Waals surface area contributed by atoms with Gasteiger partial charge in [-0.15, -0.1) is 0 Å². The summed E-state index contributed by atoms with van der Waals surface area (Å²) in [7, 11) is 1.66. The molecule has 0 spiro atoms. The van der Waals surface area contributed by atoms with Crippen LogP contribution in [-0.2, 0) is 19.3 Å². The number of aromatic nitrogens is 3. The maximum Gasteiger partial charge on any atom is 0.271 e. The van der Waals surface area contributed by atoms with Crippen molar-refractivity contribution < 1.29 is 4.79 Å². The number of nitrogens with one attached hydrogen (secondary N) is 1. The first kappa shape index (κ1) is 24.6. The van der Waals surface area contributed by atoms with Crippen LogP contribution in [0.2, 0.25) is 0 Å². The fraction of sp³-hybridized carbons (Fsp3) is 0.387. The Morgan fingerprint density at radius 3 is 2.74 bits per heavy atom. The molecule has 1 amide bonds. The molecule has 7 nitrogen and oxygen atoms in total. The number of carbonyl (C=O) groups excluding carboxylic acids is 1. The van der Waals surface area contributed by atoms with Crippen molar-refractivity contribution in [3.8, 4) is 5.69 Å². The Morgan fingerprint density at radius 1 is 1.05 bits per heavy atom. The van der Waals surface area contributed by atoms with Crippen molar-refractivity contribution in [1.29, 1.82) is 0 Å². The Hall–Kier alpha value is -3.71. The highest BCUT2D eigenvalue weighted by Crippen LogP contribution is 2.32. The number of pyridine rings is 1. The van der Waals surface area contributed by atoms with Gasteiger partial charge in [-0.3, -0.25) is 14.7 Å². The van der Waals surface area contributed by atoms with E-state index in [9.17, 15) is 4.79 Å². The van der Waals surface area contributed by atoms with Crippen molar-refractivity contribution in [1.82, 2.24) is 24.8 Å². The summed E-state index contributed by atoms with van der Waals surface area (Å²) in [6.07, 6.45) is 4.62. The summed E-state index contributed by atoms with van der Waals surface area (Å²) >= 11 is 0. The Bertz CT molecular complexity index is 1520. The average Bonchev–Trinajstić information content (AvgIpc) is 3.36. The van der Waals surface area contributed by atoms with Gasteiger partial charge in [0, 0.05) is 56.0 Å². The molecule has 2 aromatic heterocycles. The lowest BCUT2D eigenvalue weighted by atomic mass is 9.90. The predicted molar refractivity (Wildman–Crippen MR) is 153 cm³/mol. The van der Waals surface area contributed by atoms with Gasteiger partial charge in [-0.05, 0) is 87.1 Å². The fourth-order valence-electron chi connectivity index (χ4n) is 6.34. The van der Waals surface area contributed by atoms with E-state index >= 15 is 0 Å². The van der Waals surface area contributed by atoms with E-state index in [1.165, 1.54) is 33.5 Å². The molecule has 1 saturated heterocycles. The van der Waals surface area contributed by atoms with E-state index in [-0.39, 0.29) is 5.91 Å². The van der Waals surface area contributed by atoms with Gasteiger partial charge in [-0.1, -0.05) is 12.1 Å². The zero-order chi connectivity index (χ0) is 26.4. The summed E-state index contributed by atoms with van der Waals surface area (Å²) in [6, 6.07) is 15.7. The normalized spacial score (nSPS) is 17.4. The molecule has 0 radical (unpaired) electrons.